The predicted molar refractivity (Wildman–Crippen MR) is 74.2 cm³/mol. The number of aromatic hydroxyl groups is 1. The molecule has 106 valence electrons. The van der Waals surface area contributed by atoms with E-state index >= 15 is 0 Å². The minimum atomic E-state index is -3.75. The second-order valence-corrected chi connectivity index (χ2v) is 6.47. The number of hydrogen-bond donors (Lipinski definition) is 2. The van der Waals surface area contributed by atoms with Gasteiger partial charge in [-0.2, -0.15) is 8.42 Å². The number of sulfonamides is 1. The molecular weight excluding hydrogens is 278 g/mol. The Morgan fingerprint density at radius 2 is 2.20 bits per heavy atom. The normalized spacial score (nSPS) is 14.2. The van der Waals surface area contributed by atoms with Crippen molar-refractivity contribution in [2.24, 2.45) is 0 Å². The van der Waals surface area contributed by atoms with Gasteiger partial charge in [0.2, 0.25) is 0 Å². The molecule has 20 heavy (non-hydrogen) atoms. The molecule has 0 aliphatic carbocycles. The highest BCUT2D eigenvalue weighted by molar-refractivity contribution is 7.92. The van der Waals surface area contributed by atoms with Crippen LogP contribution in [0.5, 0.6) is 5.75 Å². The van der Waals surface area contributed by atoms with E-state index in [2.05, 4.69) is 9.71 Å². The third-order valence-electron chi connectivity index (χ3n) is 3.45. The Morgan fingerprint density at radius 3 is 2.95 bits per heavy atom. The minimum Gasteiger partial charge on any atom is -0.506 e. The number of nitrogens with zero attached hydrogens (tertiary/aromatic N) is 2. The maximum absolute atomic E-state index is 12.4. The quantitative estimate of drug-likeness (QED) is 0.843. The molecule has 0 saturated heterocycles. The molecular formula is C13H15N3O3S. The van der Waals surface area contributed by atoms with Crippen LogP contribution in [0.3, 0.4) is 0 Å². The van der Waals surface area contributed by atoms with Crippen molar-refractivity contribution in [3.63, 3.8) is 0 Å². The molecule has 0 spiro atoms. The van der Waals surface area contributed by atoms with Gasteiger partial charge in [-0.1, -0.05) is 12.1 Å². The Labute approximate surface area is 117 Å². The molecule has 2 aromatic rings. The molecule has 1 aliphatic rings. The van der Waals surface area contributed by atoms with Crippen molar-refractivity contribution in [2.45, 2.75) is 31.3 Å². The first-order valence-corrected chi connectivity index (χ1v) is 7.83. The van der Waals surface area contributed by atoms with Crippen molar-refractivity contribution >= 4 is 15.7 Å². The van der Waals surface area contributed by atoms with Crippen LogP contribution in [-0.2, 0) is 23.0 Å². The number of aryl methyl sites for hydroxylation is 2. The number of hydrogen-bond acceptors (Lipinski definition) is 4. The first kappa shape index (κ1) is 13.0. The highest BCUT2D eigenvalue weighted by Gasteiger charge is 2.26. The number of rotatable bonds is 3. The molecule has 6 nitrogen and oxygen atoms in total. The maximum atomic E-state index is 12.4. The molecule has 0 bridgehead atoms. The van der Waals surface area contributed by atoms with Crippen LogP contribution >= 0.6 is 0 Å². The van der Waals surface area contributed by atoms with Crippen LogP contribution < -0.4 is 4.72 Å². The Balaban J connectivity index is 2.01. The highest BCUT2D eigenvalue weighted by Crippen LogP contribution is 2.29. The average molecular weight is 293 g/mol. The van der Waals surface area contributed by atoms with Gasteiger partial charge in [0.1, 0.15) is 11.6 Å². The zero-order chi connectivity index (χ0) is 14.3. The van der Waals surface area contributed by atoms with Gasteiger partial charge in [-0.3, -0.25) is 4.72 Å². The summed E-state index contributed by atoms with van der Waals surface area (Å²) in [4.78, 5) is 4.13. The fourth-order valence-electron chi connectivity index (χ4n) is 2.42. The van der Waals surface area contributed by atoms with Gasteiger partial charge < -0.3 is 9.67 Å². The standard InChI is InChI=1S/C13H15N3O3S/c1-9-4-2-5-10(17)13(9)15-20(18,19)12-8-14-11-6-3-7-16(11)12/h2,4-5,8,15,17H,3,6-7H2,1H3. The second-order valence-electron chi connectivity index (χ2n) is 4.84. The lowest BCUT2D eigenvalue weighted by Crippen LogP contribution is -2.17. The van der Waals surface area contributed by atoms with Crippen LogP contribution in [0.15, 0.2) is 29.4 Å². The lowest BCUT2D eigenvalue weighted by Gasteiger charge is -2.12. The summed E-state index contributed by atoms with van der Waals surface area (Å²) < 4.78 is 29.0. The number of phenolic OH excluding ortho intramolecular Hbond substituents is 1. The number of benzene rings is 1. The third kappa shape index (κ3) is 2.03. The van der Waals surface area contributed by atoms with Crippen LogP contribution in [0, 0.1) is 6.92 Å². The minimum absolute atomic E-state index is 0.0882. The van der Waals surface area contributed by atoms with Gasteiger partial charge in [0.15, 0.2) is 5.03 Å². The summed E-state index contributed by atoms with van der Waals surface area (Å²) in [5.74, 6) is 0.703. The molecule has 1 aromatic heterocycles. The van der Waals surface area contributed by atoms with Gasteiger partial charge in [-0.15, -0.1) is 0 Å². The number of nitrogens with one attached hydrogen (secondary N) is 1. The summed E-state index contributed by atoms with van der Waals surface area (Å²) in [6, 6.07) is 4.85. The molecule has 2 N–H and O–H groups in total. The molecule has 7 heteroatoms. The zero-order valence-corrected chi connectivity index (χ0v) is 11.8. The molecule has 0 saturated carbocycles. The molecule has 2 heterocycles. The van der Waals surface area contributed by atoms with Crippen molar-refractivity contribution in [3.8, 4) is 5.75 Å². The molecule has 0 radical (unpaired) electrons. The number of fused-ring (bicyclic) bond motifs is 1. The van der Waals surface area contributed by atoms with Gasteiger partial charge in [0.25, 0.3) is 10.0 Å². The van der Waals surface area contributed by atoms with E-state index in [1.165, 1.54) is 12.3 Å². The van der Waals surface area contributed by atoms with E-state index in [1.807, 2.05) is 0 Å². The summed E-state index contributed by atoms with van der Waals surface area (Å²) in [5.41, 5.74) is 0.871. The first-order valence-electron chi connectivity index (χ1n) is 6.35. The number of aromatic nitrogens is 2. The van der Waals surface area contributed by atoms with Crippen molar-refractivity contribution < 1.29 is 13.5 Å². The topological polar surface area (TPSA) is 84.2 Å². The fraction of sp³-hybridized carbons (Fsp3) is 0.308. The zero-order valence-electron chi connectivity index (χ0n) is 11.0. The fourth-order valence-corrected chi connectivity index (χ4v) is 3.73. The molecule has 0 amide bonds. The van der Waals surface area contributed by atoms with Crippen LogP contribution in [0.1, 0.15) is 17.8 Å². The SMILES string of the molecule is Cc1cccc(O)c1NS(=O)(=O)c1cnc2n1CCC2. The van der Waals surface area contributed by atoms with Crippen molar-refractivity contribution in [1.29, 1.82) is 0 Å². The molecule has 1 aromatic carbocycles. The van der Waals surface area contributed by atoms with Gasteiger partial charge in [0.05, 0.1) is 11.9 Å². The van der Waals surface area contributed by atoms with E-state index in [0.29, 0.717) is 12.1 Å². The summed E-state index contributed by atoms with van der Waals surface area (Å²) in [5, 5.41) is 9.94. The van der Waals surface area contributed by atoms with Gasteiger partial charge >= 0.3 is 0 Å². The smallest absolute Gasteiger partial charge is 0.279 e. The largest absolute Gasteiger partial charge is 0.506 e. The molecule has 1 aliphatic heterocycles. The molecule has 3 rings (SSSR count). The number of anilines is 1. The number of imidazole rings is 1. The lowest BCUT2D eigenvalue weighted by molar-refractivity contribution is 0.477. The van der Waals surface area contributed by atoms with Gasteiger partial charge in [-0.25, -0.2) is 4.98 Å². The maximum Gasteiger partial charge on any atom is 0.279 e. The van der Waals surface area contributed by atoms with Crippen LogP contribution in [0.25, 0.3) is 0 Å². The highest BCUT2D eigenvalue weighted by atomic mass is 32.2. The van der Waals surface area contributed by atoms with Crippen LogP contribution in [-0.4, -0.2) is 23.1 Å². The van der Waals surface area contributed by atoms with Gasteiger partial charge in [-0.05, 0) is 25.0 Å². The van der Waals surface area contributed by atoms with E-state index in [4.69, 9.17) is 0 Å². The monoisotopic (exact) mass is 293 g/mol. The second kappa shape index (κ2) is 4.52. The molecule has 0 atom stereocenters. The van der Waals surface area contributed by atoms with Gasteiger partial charge in [0, 0.05) is 13.0 Å². The van der Waals surface area contributed by atoms with Crippen LogP contribution in [0.4, 0.5) is 5.69 Å². The van der Waals surface area contributed by atoms with Crippen molar-refractivity contribution in [2.75, 3.05) is 4.72 Å². The van der Waals surface area contributed by atoms with Crippen molar-refractivity contribution in [3.05, 3.63) is 35.8 Å². The van der Waals surface area contributed by atoms with Crippen LogP contribution in [0.2, 0.25) is 0 Å². The van der Waals surface area contributed by atoms with E-state index < -0.39 is 10.0 Å². The lowest BCUT2D eigenvalue weighted by atomic mass is 10.2. The number of para-hydroxylation sites is 1. The predicted octanol–water partition coefficient (Wildman–Crippen LogP) is 1.64. The summed E-state index contributed by atoms with van der Waals surface area (Å²) in [7, 11) is -3.75. The van der Waals surface area contributed by atoms with E-state index in [-0.39, 0.29) is 16.5 Å². The van der Waals surface area contributed by atoms with E-state index in [0.717, 1.165) is 18.7 Å². The first-order chi connectivity index (χ1) is 9.49. The Morgan fingerprint density at radius 1 is 1.40 bits per heavy atom. The molecule has 0 unspecified atom stereocenters. The Bertz CT molecular complexity index is 745. The van der Waals surface area contributed by atoms with Crippen molar-refractivity contribution in [1.82, 2.24) is 9.55 Å². The number of phenols is 1. The average Bonchev–Trinajstić information content (AvgIpc) is 2.95. The summed E-state index contributed by atoms with van der Waals surface area (Å²) >= 11 is 0. The summed E-state index contributed by atoms with van der Waals surface area (Å²) in [6.45, 7) is 2.39. The van der Waals surface area contributed by atoms with E-state index in [9.17, 15) is 13.5 Å². The Hall–Kier alpha value is -2.02. The third-order valence-corrected chi connectivity index (χ3v) is 4.80. The summed E-state index contributed by atoms with van der Waals surface area (Å²) in [6.07, 6.45) is 3.07. The Kier molecular flexibility index (Phi) is 2.93. The molecule has 0 fully saturated rings. The van der Waals surface area contributed by atoms with E-state index in [1.54, 1.807) is 23.6 Å².